The summed E-state index contributed by atoms with van der Waals surface area (Å²) in [7, 11) is 0. The van der Waals surface area contributed by atoms with Crippen LogP contribution in [-0.4, -0.2) is 36.5 Å². The van der Waals surface area contributed by atoms with E-state index < -0.39 is 0 Å². The third kappa shape index (κ3) is 2.98. The highest BCUT2D eigenvalue weighted by Crippen LogP contribution is 2.30. The Labute approximate surface area is 127 Å². The first-order chi connectivity index (χ1) is 10.2. The smallest absolute Gasteiger partial charge is 0.254 e. The van der Waals surface area contributed by atoms with Crippen LogP contribution >= 0.6 is 0 Å². The molecule has 0 aliphatic carbocycles. The summed E-state index contributed by atoms with van der Waals surface area (Å²) in [6.07, 6.45) is 4.76. The van der Waals surface area contributed by atoms with Gasteiger partial charge in [0, 0.05) is 18.2 Å². The van der Waals surface area contributed by atoms with Crippen molar-refractivity contribution in [1.82, 2.24) is 10.2 Å². The topological polar surface area (TPSA) is 32.3 Å². The average molecular weight is 286 g/mol. The maximum Gasteiger partial charge on any atom is 0.254 e. The first kappa shape index (κ1) is 14.6. The van der Waals surface area contributed by atoms with Crippen LogP contribution in [0.25, 0.3) is 0 Å². The van der Waals surface area contributed by atoms with E-state index in [9.17, 15) is 4.79 Å². The van der Waals surface area contributed by atoms with Gasteiger partial charge in [-0.25, -0.2) is 0 Å². The van der Waals surface area contributed by atoms with Gasteiger partial charge in [0.25, 0.3) is 5.91 Å². The summed E-state index contributed by atoms with van der Waals surface area (Å²) in [6, 6.07) is 6.57. The number of piperidine rings is 1. The van der Waals surface area contributed by atoms with E-state index in [1.165, 1.54) is 30.4 Å². The maximum atomic E-state index is 12.9. The number of hydrogen-bond donors (Lipinski definition) is 1. The number of likely N-dealkylation sites (tertiary alicyclic amines) is 1. The Balaban J connectivity index is 1.77. The van der Waals surface area contributed by atoms with Crippen LogP contribution in [0.3, 0.4) is 0 Å². The van der Waals surface area contributed by atoms with E-state index in [4.69, 9.17) is 0 Å². The Bertz CT molecular complexity index is 520. The monoisotopic (exact) mass is 286 g/mol. The molecule has 0 aromatic heterocycles. The number of nitrogens with one attached hydrogen (secondary N) is 1. The molecule has 1 aromatic carbocycles. The highest BCUT2D eigenvalue weighted by atomic mass is 16.2. The minimum Gasteiger partial charge on any atom is -0.335 e. The number of benzene rings is 1. The number of hydrogen-bond acceptors (Lipinski definition) is 2. The van der Waals surface area contributed by atoms with Crippen molar-refractivity contribution < 1.29 is 4.79 Å². The van der Waals surface area contributed by atoms with Gasteiger partial charge in [-0.3, -0.25) is 4.79 Å². The number of amides is 1. The molecule has 1 aromatic rings. The molecule has 2 fully saturated rings. The van der Waals surface area contributed by atoms with E-state index in [2.05, 4.69) is 36.2 Å². The van der Waals surface area contributed by atoms with Crippen molar-refractivity contribution >= 4 is 5.91 Å². The molecule has 114 valence electrons. The zero-order chi connectivity index (χ0) is 14.8. The Morgan fingerprint density at radius 1 is 1.14 bits per heavy atom. The number of nitrogens with zero attached hydrogens (tertiary/aromatic N) is 1. The number of aryl methyl sites for hydroxylation is 2. The van der Waals surface area contributed by atoms with Gasteiger partial charge in [0.2, 0.25) is 0 Å². The van der Waals surface area contributed by atoms with Gasteiger partial charge < -0.3 is 10.2 Å². The van der Waals surface area contributed by atoms with Gasteiger partial charge in [-0.2, -0.15) is 0 Å². The predicted molar refractivity (Wildman–Crippen MR) is 85.6 cm³/mol. The summed E-state index contributed by atoms with van der Waals surface area (Å²) in [5.74, 6) is 0.920. The number of carbonyl (C=O) groups is 1. The van der Waals surface area contributed by atoms with Crippen LogP contribution in [0.1, 0.15) is 47.2 Å². The normalized spacial score (nSPS) is 23.5. The number of rotatable bonds is 2. The van der Waals surface area contributed by atoms with Gasteiger partial charge in [0.15, 0.2) is 0 Å². The summed E-state index contributed by atoms with van der Waals surface area (Å²) >= 11 is 0. The average Bonchev–Trinajstić information content (AvgIpc) is 2.99. The molecule has 1 unspecified atom stereocenters. The van der Waals surface area contributed by atoms with Gasteiger partial charge in [-0.05, 0) is 81.8 Å². The molecule has 2 heterocycles. The van der Waals surface area contributed by atoms with E-state index in [1.807, 2.05) is 6.07 Å². The predicted octanol–water partition coefficient (Wildman–Crippen LogP) is 2.91. The van der Waals surface area contributed by atoms with Crippen molar-refractivity contribution in [2.24, 2.45) is 5.92 Å². The molecule has 1 atom stereocenters. The molecular weight excluding hydrogens is 260 g/mol. The van der Waals surface area contributed by atoms with Crippen molar-refractivity contribution in [3.63, 3.8) is 0 Å². The summed E-state index contributed by atoms with van der Waals surface area (Å²) in [6.45, 7) is 7.32. The molecule has 0 spiro atoms. The largest absolute Gasteiger partial charge is 0.335 e. The molecule has 2 aliphatic rings. The van der Waals surface area contributed by atoms with Crippen LogP contribution < -0.4 is 5.32 Å². The summed E-state index contributed by atoms with van der Waals surface area (Å²) in [5, 5.41) is 3.42. The second-order valence-electron chi connectivity index (χ2n) is 6.59. The lowest BCUT2D eigenvalue weighted by atomic mass is 9.88. The summed E-state index contributed by atoms with van der Waals surface area (Å²) in [5.41, 5.74) is 3.32. The fourth-order valence-corrected chi connectivity index (χ4v) is 3.80. The Morgan fingerprint density at radius 2 is 1.90 bits per heavy atom. The van der Waals surface area contributed by atoms with E-state index >= 15 is 0 Å². The molecule has 2 saturated heterocycles. The zero-order valence-corrected chi connectivity index (χ0v) is 13.2. The van der Waals surface area contributed by atoms with Gasteiger partial charge in [0.05, 0.1) is 0 Å². The maximum absolute atomic E-state index is 12.9. The Kier molecular flexibility index (Phi) is 4.29. The quantitative estimate of drug-likeness (QED) is 0.906. The molecule has 3 heteroatoms. The molecule has 2 aliphatic heterocycles. The molecule has 3 nitrogen and oxygen atoms in total. The van der Waals surface area contributed by atoms with E-state index in [0.717, 1.165) is 31.6 Å². The van der Waals surface area contributed by atoms with Crippen molar-refractivity contribution in [1.29, 1.82) is 0 Å². The van der Waals surface area contributed by atoms with Crippen LogP contribution in [-0.2, 0) is 0 Å². The summed E-state index contributed by atoms with van der Waals surface area (Å²) in [4.78, 5) is 15.0. The highest BCUT2D eigenvalue weighted by Gasteiger charge is 2.35. The first-order valence-corrected chi connectivity index (χ1v) is 8.26. The zero-order valence-electron chi connectivity index (χ0n) is 13.2. The van der Waals surface area contributed by atoms with Gasteiger partial charge >= 0.3 is 0 Å². The first-order valence-electron chi connectivity index (χ1n) is 8.26. The second-order valence-corrected chi connectivity index (χ2v) is 6.59. The van der Waals surface area contributed by atoms with Crippen LogP contribution in [0.15, 0.2) is 18.2 Å². The van der Waals surface area contributed by atoms with Crippen LogP contribution in [0.5, 0.6) is 0 Å². The third-order valence-corrected chi connectivity index (χ3v) is 5.24. The second kappa shape index (κ2) is 6.18. The minimum atomic E-state index is 0.235. The van der Waals surface area contributed by atoms with E-state index in [1.54, 1.807) is 0 Å². The fraction of sp³-hybridized carbons (Fsp3) is 0.611. The third-order valence-electron chi connectivity index (χ3n) is 5.24. The van der Waals surface area contributed by atoms with Crippen LogP contribution in [0.4, 0.5) is 0 Å². The fourth-order valence-electron chi connectivity index (χ4n) is 3.80. The molecule has 0 saturated carbocycles. The van der Waals surface area contributed by atoms with E-state index in [0.29, 0.717) is 12.0 Å². The molecule has 1 amide bonds. The molecule has 0 bridgehead atoms. The summed E-state index contributed by atoms with van der Waals surface area (Å²) < 4.78 is 0. The number of carbonyl (C=O) groups excluding carboxylic acids is 1. The van der Waals surface area contributed by atoms with Crippen molar-refractivity contribution in [3.05, 3.63) is 34.9 Å². The van der Waals surface area contributed by atoms with Gasteiger partial charge in [-0.1, -0.05) is 6.07 Å². The Morgan fingerprint density at radius 3 is 2.62 bits per heavy atom. The lowest BCUT2D eigenvalue weighted by Gasteiger charge is -2.34. The molecular formula is C18H26N2O. The van der Waals surface area contributed by atoms with Crippen LogP contribution in [0.2, 0.25) is 0 Å². The van der Waals surface area contributed by atoms with Gasteiger partial charge in [-0.15, -0.1) is 0 Å². The molecule has 3 rings (SSSR count). The van der Waals surface area contributed by atoms with Crippen LogP contribution in [0, 0.1) is 19.8 Å². The van der Waals surface area contributed by atoms with E-state index in [-0.39, 0.29) is 5.91 Å². The highest BCUT2D eigenvalue weighted by molar-refractivity contribution is 5.95. The molecule has 0 radical (unpaired) electrons. The van der Waals surface area contributed by atoms with Crippen molar-refractivity contribution in [2.75, 3.05) is 19.6 Å². The molecule has 21 heavy (non-hydrogen) atoms. The SMILES string of the molecule is Cc1ccc(C(=O)N2CCCC2C2CCNCC2)cc1C. The van der Waals surface area contributed by atoms with Crippen molar-refractivity contribution in [2.45, 2.75) is 45.6 Å². The molecule has 1 N–H and O–H groups in total. The minimum absolute atomic E-state index is 0.235. The lowest BCUT2D eigenvalue weighted by Crippen LogP contribution is -2.43. The standard InChI is InChI=1S/C18H26N2O/c1-13-5-6-16(12-14(13)2)18(21)20-11-3-4-17(20)15-7-9-19-10-8-15/h5-6,12,15,17,19H,3-4,7-11H2,1-2H3. The Hall–Kier alpha value is -1.35. The van der Waals surface area contributed by atoms with Crippen molar-refractivity contribution in [3.8, 4) is 0 Å². The lowest BCUT2D eigenvalue weighted by molar-refractivity contribution is 0.0666. The van der Waals surface area contributed by atoms with Gasteiger partial charge in [0.1, 0.15) is 0 Å².